The van der Waals surface area contributed by atoms with Gasteiger partial charge in [-0.3, -0.25) is 9.48 Å². The van der Waals surface area contributed by atoms with Crippen molar-refractivity contribution >= 4 is 17.4 Å². The summed E-state index contributed by atoms with van der Waals surface area (Å²) in [6.07, 6.45) is 0.755. The maximum atomic E-state index is 12.2. The Labute approximate surface area is 124 Å². The molecular weight excluding hydrogens is 272 g/mol. The zero-order valence-electron chi connectivity index (χ0n) is 12.3. The van der Waals surface area contributed by atoms with Crippen molar-refractivity contribution in [1.82, 2.24) is 9.78 Å². The predicted octanol–water partition coefficient (Wildman–Crippen LogP) is 3.35. The highest BCUT2D eigenvalue weighted by Gasteiger charge is 2.15. The molecule has 0 amide bonds. The first-order chi connectivity index (χ1) is 9.38. The summed E-state index contributed by atoms with van der Waals surface area (Å²) in [5.74, 6) is 0.151. The molecule has 0 bridgehead atoms. The molecule has 0 saturated carbocycles. The van der Waals surface area contributed by atoms with E-state index in [1.807, 2.05) is 20.0 Å². The molecule has 0 aliphatic carbocycles. The van der Waals surface area contributed by atoms with Gasteiger partial charge in [0.1, 0.15) is 5.78 Å². The van der Waals surface area contributed by atoms with E-state index in [1.165, 1.54) is 11.1 Å². The predicted molar refractivity (Wildman–Crippen MR) is 81.3 cm³/mol. The van der Waals surface area contributed by atoms with Gasteiger partial charge in [-0.15, -0.1) is 0 Å². The van der Waals surface area contributed by atoms with Gasteiger partial charge in [0.25, 0.3) is 0 Å². The first-order valence-electron chi connectivity index (χ1n) is 6.64. The maximum Gasteiger partial charge on any atom is 0.143 e. The van der Waals surface area contributed by atoms with E-state index < -0.39 is 0 Å². The third-order valence-corrected chi connectivity index (χ3v) is 4.09. The van der Waals surface area contributed by atoms with Crippen molar-refractivity contribution in [3.63, 3.8) is 0 Å². The minimum Gasteiger partial charge on any atom is -0.299 e. The zero-order chi connectivity index (χ0) is 14.9. The summed E-state index contributed by atoms with van der Waals surface area (Å²) in [4.78, 5) is 12.2. The lowest BCUT2D eigenvalue weighted by Gasteiger charge is -2.06. The molecule has 3 nitrogen and oxygen atoms in total. The van der Waals surface area contributed by atoms with E-state index in [2.05, 4.69) is 31.1 Å². The molecular formula is C16H19ClN2O. The largest absolute Gasteiger partial charge is 0.299 e. The normalized spacial score (nSPS) is 10.8. The second-order valence-corrected chi connectivity index (χ2v) is 5.66. The molecule has 106 valence electrons. The molecule has 0 fully saturated rings. The van der Waals surface area contributed by atoms with E-state index in [4.69, 9.17) is 11.6 Å². The van der Waals surface area contributed by atoms with Crippen LogP contribution in [0.3, 0.4) is 0 Å². The van der Waals surface area contributed by atoms with Crippen molar-refractivity contribution in [3.05, 3.63) is 51.3 Å². The van der Waals surface area contributed by atoms with Crippen LogP contribution in [0.2, 0.25) is 5.02 Å². The van der Waals surface area contributed by atoms with Crippen LogP contribution in [0.15, 0.2) is 18.2 Å². The number of Topliss-reactive ketones (excluding diaryl/α,β-unsaturated/α-hetero) is 1. The monoisotopic (exact) mass is 290 g/mol. The standard InChI is InChI=1S/C16H19ClN2O/c1-10-5-6-13(7-11(10)2)8-14(20)9-15-16(17)12(3)18-19(15)4/h5-7H,8-9H2,1-4H3. The summed E-state index contributed by atoms with van der Waals surface area (Å²) in [6.45, 7) is 5.98. The number of ketones is 1. The molecule has 0 aliphatic heterocycles. The van der Waals surface area contributed by atoms with Crippen LogP contribution in [0.4, 0.5) is 0 Å². The molecule has 1 heterocycles. The number of hydrogen-bond acceptors (Lipinski definition) is 2. The van der Waals surface area contributed by atoms with Crippen molar-refractivity contribution in [3.8, 4) is 0 Å². The molecule has 20 heavy (non-hydrogen) atoms. The number of aryl methyl sites for hydroxylation is 4. The Morgan fingerprint density at radius 1 is 1.20 bits per heavy atom. The van der Waals surface area contributed by atoms with Crippen molar-refractivity contribution in [2.75, 3.05) is 0 Å². The molecule has 0 aliphatic rings. The van der Waals surface area contributed by atoms with Gasteiger partial charge in [-0.1, -0.05) is 29.8 Å². The van der Waals surface area contributed by atoms with Crippen LogP contribution in [-0.2, 0) is 24.7 Å². The summed E-state index contributed by atoms with van der Waals surface area (Å²) >= 11 is 6.17. The Hall–Kier alpha value is -1.61. The number of benzene rings is 1. The molecule has 4 heteroatoms. The third kappa shape index (κ3) is 3.10. The average molecular weight is 291 g/mol. The molecule has 0 unspecified atom stereocenters. The first kappa shape index (κ1) is 14.8. The van der Waals surface area contributed by atoms with Crippen LogP contribution in [0, 0.1) is 20.8 Å². The number of nitrogens with zero attached hydrogens (tertiary/aromatic N) is 2. The molecule has 0 N–H and O–H groups in total. The second kappa shape index (κ2) is 5.80. The highest BCUT2D eigenvalue weighted by atomic mass is 35.5. The fourth-order valence-electron chi connectivity index (χ4n) is 2.26. The van der Waals surface area contributed by atoms with E-state index in [0.29, 0.717) is 17.9 Å². The van der Waals surface area contributed by atoms with E-state index in [1.54, 1.807) is 4.68 Å². The van der Waals surface area contributed by atoms with Crippen LogP contribution in [0.5, 0.6) is 0 Å². The van der Waals surface area contributed by atoms with Gasteiger partial charge < -0.3 is 0 Å². The molecule has 0 spiro atoms. The summed E-state index contributed by atoms with van der Waals surface area (Å²) in [5, 5.41) is 4.83. The van der Waals surface area contributed by atoms with Crippen molar-refractivity contribution in [2.24, 2.45) is 7.05 Å². The molecule has 0 atom stereocenters. The lowest BCUT2D eigenvalue weighted by molar-refractivity contribution is -0.117. The quantitative estimate of drug-likeness (QED) is 0.865. The average Bonchev–Trinajstić information content (AvgIpc) is 2.61. The van der Waals surface area contributed by atoms with E-state index in [0.717, 1.165) is 17.0 Å². The number of carbonyl (C=O) groups is 1. The Morgan fingerprint density at radius 3 is 2.45 bits per heavy atom. The Balaban J connectivity index is 2.11. The van der Waals surface area contributed by atoms with Gasteiger partial charge >= 0.3 is 0 Å². The number of hydrogen-bond donors (Lipinski definition) is 0. The minimum absolute atomic E-state index is 0.151. The summed E-state index contributed by atoms with van der Waals surface area (Å²) in [6, 6.07) is 6.14. The van der Waals surface area contributed by atoms with Gasteiger partial charge in [0.2, 0.25) is 0 Å². The lowest BCUT2D eigenvalue weighted by Crippen LogP contribution is -2.10. The highest BCUT2D eigenvalue weighted by molar-refractivity contribution is 6.32. The fraction of sp³-hybridized carbons (Fsp3) is 0.375. The third-order valence-electron chi connectivity index (χ3n) is 3.60. The Morgan fingerprint density at radius 2 is 1.90 bits per heavy atom. The molecule has 1 aromatic carbocycles. The Kier molecular flexibility index (Phi) is 4.29. The molecule has 0 radical (unpaired) electrons. The highest BCUT2D eigenvalue weighted by Crippen LogP contribution is 2.20. The van der Waals surface area contributed by atoms with Crippen LogP contribution in [-0.4, -0.2) is 15.6 Å². The topological polar surface area (TPSA) is 34.9 Å². The first-order valence-corrected chi connectivity index (χ1v) is 7.02. The van der Waals surface area contributed by atoms with Gasteiger partial charge in [0, 0.05) is 13.5 Å². The van der Waals surface area contributed by atoms with Crippen LogP contribution in [0.25, 0.3) is 0 Å². The van der Waals surface area contributed by atoms with Crippen molar-refractivity contribution in [1.29, 1.82) is 0 Å². The smallest absolute Gasteiger partial charge is 0.143 e. The molecule has 2 aromatic rings. The Bertz CT molecular complexity index is 659. The number of aromatic nitrogens is 2. The maximum absolute atomic E-state index is 12.2. The van der Waals surface area contributed by atoms with Gasteiger partial charge in [0.15, 0.2) is 0 Å². The second-order valence-electron chi connectivity index (χ2n) is 5.28. The zero-order valence-corrected chi connectivity index (χ0v) is 13.1. The lowest BCUT2D eigenvalue weighted by atomic mass is 10.0. The number of carbonyl (C=O) groups excluding carboxylic acids is 1. The van der Waals surface area contributed by atoms with Crippen LogP contribution < -0.4 is 0 Å². The summed E-state index contributed by atoms with van der Waals surface area (Å²) in [7, 11) is 1.82. The van der Waals surface area contributed by atoms with E-state index in [-0.39, 0.29) is 5.78 Å². The number of rotatable bonds is 4. The summed E-state index contributed by atoms with van der Waals surface area (Å²) < 4.78 is 1.69. The van der Waals surface area contributed by atoms with Gasteiger partial charge in [-0.2, -0.15) is 5.10 Å². The van der Waals surface area contributed by atoms with E-state index >= 15 is 0 Å². The van der Waals surface area contributed by atoms with Crippen LogP contribution >= 0.6 is 11.6 Å². The van der Waals surface area contributed by atoms with Gasteiger partial charge in [0.05, 0.1) is 22.8 Å². The molecule has 1 aromatic heterocycles. The fourth-order valence-corrected chi connectivity index (χ4v) is 2.49. The molecule has 2 rings (SSSR count). The van der Waals surface area contributed by atoms with Gasteiger partial charge in [-0.25, -0.2) is 0 Å². The van der Waals surface area contributed by atoms with Crippen molar-refractivity contribution < 1.29 is 4.79 Å². The van der Waals surface area contributed by atoms with Crippen LogP contribution in [0.1, 0.15) is 28.1 Å². The molecule has 0 saturated heterocycles. The summed E-state index contributed by atoms with van der Waals surface area (Å²) in [5.41, 5.74) is 5.06. The van der Waals surface area contributed by atoms with Crippen molar-refractivity contribution in [2.45, 2.75) is 33.6 Å². The SMILES string of the molecule is Cc1ccc(CC(=O)Cc2c(Cl)c(C)nn2C)cc1C. The van der Waals surface area contributed by atoms with E-state index in [9.17, 15) is 4.79 Å². The minimum atomic E-state index is 0.151. The number of halogens is 1. The van der Waals surface area contributed by atoms with Gasteiger partial charge in [-0.05, 0) is 37.5 Å².